The van der Waals surface area contributed by atoms with Crippen LogP contribution in [-0.4, -0.2) is 29.9 Å². The van der Waals surface area contributed by atoms with Crippen LogP contribution in [-0.2, 0) is 4.79 Å². The molecule has 2 fully saturated rings. The van der Waals surface area contributed by atoms with Gasteiger partial charge in [0.25, 0.3) is 0 Å². The number of rotatable bonds is 2. The second-order valence-electron chi connectivity index (χ2n) is 9.10. The highest BCUT2D eigenvalue weighted by Gasteiger charge is 2.51. The molecule has 3 unspecified atom stereocenters. The zero-order chi connectivity index (χ0) is 16.2. The van der Waals surface area contributed by atoms with Gasteiger partial charge in [0.2, 0.25) is 5.91 Å². The minimum Gasteiger partial charge on any atom is -0.384 e. The Morgan fingerprint density at radius 3 is 2.87 bits per heavy atom. The zero-order valence-corrected chi connectivity index (χ0v) is 14.6. The Balaban J connectivity index is 1.49. The van der Waals surface area contributed by atoms with E-state index >= 15 is 0 Å². The van der Waals surface area contributed by atoms with E-state index in [4.69, 9.17) is 0 Å². The van der Waals surface area contributed by atoms with Crippen LogP contribution in [0.4, 0.5) is 5.69 Å². The maximum atomic E-state index is 13.0. The standard InChI is InChI=1S/C20H28N2O/c1-19(2)9-15-10-20(3,12-19)13-22(15)18(23)8-14-11-21-17-7-5-4-6-16(14)17/h4-7,14-15,21H,8-13H2,1-3H3. The molecule has 0 aromatic heterocycles. The van der Waals surface area contributed by atoms with Crippen LogP contribution < -0.4 is 5.32 Å². The van der Waals surface area contributed by atoms with E-state index in [0.29, 0.717) is 35.1 Å². The number of likely N-dealkylation sites (tertiary alicyclic amines) is 1. The number of hydrogen-bond acceptors (Lipinski definition) is 2. The van der Waals surface area contributed by atoms with Gasteiger partial charge in [-0.15, -0.1) is 0 Å². The first-order valence-corrected chi connectivity index (χ1v) is 8.98. The Kier molecular flexibility index (Phi) is 3.26. The van der Waals surface area contributed by atoms with Crippen LogP contribution in [0.3, 0.4) is 0 Å². The molecule has 2 bridgehead atoms. The van der Waals surface area contributed by atoms with Gasteiger partial charge < -0.3 is 10.2 Å². The molecule has 0 spiro atoms. The molecule has 124 valence electrons. The van der Waals surface area contributed by atoms with E-state index in [2.05, 4.69) is 55.3 Å². The lowest BCUT2D eigenvalue weighted by Crippen LogP contribution is -2.38. The summed E-state index contributed by atoms with van der Waals surface area (Å²) in [4.78, 5) is 15.2. The van der Waals surface area contributed by atoms with Gasteiger partial charge in [0.05, 0.1) is 0 Å². The molecule has 2 aliphatic heterocycles. The van der Waals surface area contributed by atoms with Crippen molar-refractivity contribution in [2.24, 2.45) is 10.8 Å². The maximum Gasteiger partial charge on any atom is 0.223 e. The third kappa shape index (κ3) is 2.64. The van der Waals surface area contributed by atoms with Crippen molar-refractivity contribution in [2.45, 2.75) is 58.4 Å². The SMILES string of the molecule is CC1(C)CC2CC(C)(CN2C(=O)CC2CNc3ccccc32)C1. The van der Waals surface area contributed by atoms with Crippen LogP contribution in [0.1, 0.15) is 57.9 Å². The highest BCUT2D eigenvalue weighted by atomic mass is 16.2. The first-order valence-electron chi connectivity index (χ1n) is 8.98. The third-order valence-corrected chi connectivity index (χ3v) is 6.10. The summed E-state index contributed by atoms with van der Waals surface area (Å²) < 4.78 is 0. The topological polar surface area (TPSA) is 32.3 Å². The molecule has 23 heavy (non-hydrogen) atoms. The van der Waals surface area contributed by atoms with E-state index in [1.165, 1.54) is 24.1 Å². The normalized spacial score (nSPS) is 34.1. The van der Waals surface area contributed by atoms with Gasteiger partial charge in [-0.2, -0.15) is 0 Å². The van der Waals surface area contributed by atoms with Crippen molar-refractivity contribution in [3.63, 3.8) is 0 Å². The van der Waals surface area contributed by atoms with Gasteiger partial charge >= 0.3 is 0 Å². The second kappa shape index (κ2) is 4.99. The zero-order valence-electron chi connectivity index (χ0n) is 14.6. The molecular weight excluding hydrogens is 284 g/mol. The number of para-hydroxylation sites is 1. The third-order valence-electron chi connectivity index (χ3n) is 6.10. The van der Waals surface area contributed by atoms with Crippen molar-refractivity contribution in [1.82, 2.24) is 4.90 Å². The molecule has 3 heteroatoms. The summed E-state index contributed by atoms with van der Waals surface area (Å²) in [6, 6.07) is 8.88. The molecule has 1 N–H and O–H groups in total. The Bertz CT molecular complexity index is 638. The molecule has 3 aliphatic rings. The number of fused-ring (bicyclic) bond motifs is 3. The number of anilines is 1. The Labute approximate surface area is 139 Å². The van der Waals surface area contributed by atoms with Crippen LogP contribution in [0.15, 0.2) is 24.3 Å². The van der Waals surface area contributed by atoms with Crippen LogP contribution in [0, 0.1) is 10.8 Å². The maximum absolute atomic E-state index is 13.0. The molecule has 1 saturated heterocycles. The van der Waals surface area contributed by atoms with E-state index in [1.54, 1.807) is 0 Å². The lowest BCUT2D eigenvalue weighted by molar-refractivity contribution is -0.132. The molecule has 1 amide bonds. The van der Waals surface area contributed by atoms with Gasteiger partial charge in [0.1, 0.15) is 0 Å². The molecule has 0 radical (unpaired) electrons. The van der Waals surface area contributed by atoms with E-state index in [0.717, 1.165) is 19.5 Å². The number of hydrogen-bond donors (Lipinski definition) is 1. The molecule has 1 aromatic carbocycles. The molecule has 3 atom stereocenters. The van der Waals surface area contributed by atoms with Gasteiger partial charge in [-0.25, -0.2) is 0 Å². The number of carbonyl (C=O) groups excluding carboxylic acids is 1. The second-order valence-corrected chi connectivity index (χ2v) is 9.10. The summed E-state index contributed by atoms with van der Waals surface area (Å²) in [5, 5.41) is 3.44. The van der Waals surface area contributed by atoms with Gasteiger partial charge in [-0.3, -0.25) is 4.79 Å². The van der Waals surface area contributed by atoms with Crippen molar-refractivity contribution >= 4 is 11.6 Å². The monoisotopic (exact) mass is 312 g/mol. The van der Waals surface area contributed by atoms with Crippen LogP contribution in [0.2, 0.25) is 0 Å². The van der Waals surface area contributed by atoms with Crippen molar-refractivity contribution < 1.29 is 4.79 Å². The first kappa shape index (κ1) is 15.0. The van der Waals surface area contributed by atoms with Gasteiger partial charge in [-0.05, 0) is 41.7 Å². The number of amides is 1. The predicted octanol–water partition coefficient (Wildman–Crippen LogP) is 4.01. The largest absolute Gasteiger partial charge is 0.384 e. The van der Waals surface area contributed by atoms with E-state index in [1.807, 2.05) is 0 Å². The molecule has 3 nitrogen and oxygen atoms in total. The van der Waals surface area contributed by atoms with Crippen molar-refractivity contribution in [3.8, 4) is 0 Å². The van der Waals surface area contributed by atoms with Crippen LogP contribution in [0.25, 0.3) is 0 Å². The predicted molar refractivity (Wildman–Crippen MR) is 93.5 cm³/mol. The summed E-state index contributed by atoms with van der Waals surface area (Å²) in [6.07, 6.45) is 4.25. The van der Waals surface area contributed by atoms with Gasteiger partial charge in [0, 0.05) is 37.2 Å². The molecule has 1 saturated carbocycles. The van der Waals surface area contributed by atoms with Crippen molar-refractivity contribution in [1.29, 1.82) is 0 Å². The average Bonchev–Trinajstić information content (AvgIpc) is 2.97. The van der Waals surface area contributed by atoms with Crippen LogP contribution in [0.5, 0.6) is 0 Å². The summed E-state index contributed by atoms with van der Waals surface area (Å²) in [6.45, 7) is 8.96. The fourth-order valence-corrected chi connectivity index (χ4v) is 5.62. The summed E-state index contributed by atoms with van der Waals surface area (Å²) in [5.41, 5.74) is 3.22. The van der Waals surface area contributed by atoms with Crippen LogP contribution >= 0.6 is 0 Å². The molecule has 1 aliphatic carbocycles. The first-order chi connectivity index (χ1) is 10.9. The number of nitrogens with zero attached hydrogens (tertiary/aromatic N) is 1. The van der Waals surface area contributed by atoms with Crippen molar-refractivity contribution in [3.05, 3.63) is 29.8 Å². The highest BCUT2D eigenvalue weighted by molar-refractivity contribution is 5.79. The number of benzene rings is 1. The lowest BCUT2D eigenvalue weighted by Gasteiger charge is -2.39. The lowest BCUT2D eigenvalue weighted by atomic mass is 9.65. The molecule has 2 heterocycles. The molecular formula is C20H28N2O. The minimum atomic E-state index is 0.327. The Morgan fingerprint density at radius 2 is 2.04 bits per heavy atom. The van der Waals surface area contributed by atoms with E-state index < -0.39 is 0 Å². The number of nitrogens with one attached hydrogen (secondary N) is 1. The highest BCUT2D eigenvalue weighted by Crippen LogP contribution is 2.52. The smallest absolute Gasteiger partial charge is 0.223 e. The Morgan fingerprint density at radius 1 is 1.26 bits per heavy atom. The quantitative estimate of drug-likeness (QED) is 0.895. The van der Waals surface area contributed by atoms with Gasteiger partial charge in [0.15, 0.2) is 0 Å². The van der Waals surface area contributed by atoms with Crippen molar-refractivity contribution in [2.75, 3.05) is 18.4 Å². The number of carbonyl (C=O) groups is 1. The van der Waals surface area contributed by atoms with E-state index in [9.17, 15) is 4.79 Å². The average molecular weight is 312 g/mol. The Hall–Kier alpha value is -1.51. The summed E-state index contributed by atoms with van der Waals surface area (Å²) in [5.74, 6) is 0.694. The summed E-state index contributed by atoms with van der Waals surface area (Å²) >= 11 is 0. The minimum absolute atomic E-state index is 0.327. The summed E-state index contributed by atoms with van der Waals surface area (Å²) in [7, 11) is 0. The fraction of sp³-hybridized carbons (Fsp3) is 0.650. The van der Waals surface area contributed by atoms with Gasteiger partial charge in [-0.1, -0.05) is 39.0 Å². The molecule has 4 rings (SSSR count). The van der Waals surface area contributed by atoms with E-state index in [-0.39, 0.29) is 0 Å². The fourth-order valence-electron chi connectivity index (χ4n) is 5.62. The molecule has 1 aromatic rings.